The van der Waals surface area contributed by atoms with E-state index >= 15 is 0 Å². The molecule has 0 saturated heterocycles. The van der Waals surface area contributed by atoms with E-state index in [-0.39, 0.29) is 0 Å². The molecule has 0 aliphatic rings. The van der Waals surface area contributed by atoms with Crippen molar-refractivity contribution in [3.63, 3.8) is 0 Å². The number of rotatable bonds is 4. The van der Waals surface area contributed by atoms with Crippen molar-refractivity contribution in [1.82, 2.24) is 4.98 Å². The van der Waals surface area contributed by atoms with Crippen LogP contribution >= 0.6 is 22.9 Å². The van der Waals surface area contributed by atoms with Gasteiger partial charge in [0.05, 0.1) is 5.69 Å². The second-order valence-corrected chi connectivity index (χ2v) is 6.24. The van der Waals surface area contributed by atoms with Crippen LogP contribution in [0.15, 0.2) is 47.8 Å². The van der Waals surface area contributed by atoms with Crippen LogP contribution in [0.1, 0.15) is 11.1 Å². The molecule has 3 aromatic rings. The van der Waals surface area contributed by atoms with Crippen LogP contribution in [0.5, 0.6) is 5.75 Å². The van der Waals surface area contributed by atoms with Crippen LogP contribution in [0, 0.1) is 6.92 Å². The first kappa shape index (κ1) is 14.9. The predicted molar refractivity (Wildman–Crippen MR) is 92.5 cm³/mol. The molecule has 0 spiro atoms. The second kappa shape index (κ2) is 6.38. The highest BCUT2D eigenvalue weighted by molar-refractivity contribution is 7.13. The standard InChI is InChI=1S/C17H15ClN2OS/c1-11-7-16(21-9-12-5-3-2-4-6-12)13(8-14(11)18)15-10-22-17(19)20-15/h2-8,10H,9H2,1H3,(H2,19,20). The monoisotopic (exact) mass is 330 g/mol. The normalized spacial score (nSPS) is 10.6. The molecule has 0 saturated carbocycles. The van der Waals surface area contributed by atoms with Gasteiger partial charge in [0.1, 0.15) is 12.4 Å². The average Bonchev–Trinajstić information content (AvgIpc) is 2.95. The summed E-state index contributed by atoms with van der Waals surface area (Å²) in [5, 5.41) is 3.13. The van der Waals surface area contributed by atoms with E-state index in [1.807, 2.05) is 54.8 Å². The second-order valence-electron chi connectivity index (χ2n) is 4.94. The number of nitrogen functional groups attached to an aromatic ring is 1. The SMILES string of the molecule is Cc1cc(OCc2ccccc2)c(-c2csc(N)n2)cc1Cl. The molecule has 0 radical (unpaired) electrons. The molecule has 22 heavy (non-hydrogen) atoms. The number of anilines is 1. The van der Waals surface area contributed by atoms with Crippen molar-refractivity contribution in [1.29, 1.82) is 0 Å². The number of thiazole rings is 1. The minimum Gasteiger partial charge on any atom is -0.488 e. The first-order valence-electron chi connectivity index (χ1n) is 6.82. The Morgan fingerprint density at radius 2 is 2.00 bits per heavy atom. The molecule has 5 heteroatoms. The van der Waals surface area contributed by atoms with E-state index in [1.54, 1.807) is 0 Å². The summed E-state index contributed by atoms with van der Waals surface area (Å²) in [6.07, 6.45) is 0. The van der Waals surface area contributed by atoms with E-state index in [0.717, 1.165) is 28.1 Å². The summed E-state index contributed by atoms with van der Waals surface area (Å²) in [7, 11) is 0. The van der Waals surface area contributed by atoms with Gasteiger partial charge < -0.3 is 10.5 Å². The van der Waals surface area contributed by atoms with Gasteiger partial charge in [0.2, 0.25) is 0 Å². The van der Waals surface area contributed by atoms with Gasteiger partial charge in [-0.1, -0.05) is 41.9 Å². The van der Waals surface area contributed by atoms with Gasteiger partial charge in [0, 0.05) is 16.0 Å². The van der Waals surface area contributed by atoms with E-state index in [4.69, 9.17) is 22.1 Å². The van der Waals surface area contributed by atoms with Crippen LogP contribution in [0.4, 0.5) is 5.13 Å². The van der Waals surface area contributed by atoms with E-state index in [1.165, 1.54) is 11.3 Å². The summed E-state index contributed by atoms with van der Waals surface area (Å²) in [4.78, 5) is 4.33. The largest absolute Gasteiger partial charge is 0.488 e. The summed E-state index contributed by atoms with van der Waals surface area (Å²) in [5.74, 6) is 0.760. The van der Waals surface area contributed by atoms with Crippen molar-refractivity contribution in [2.24, 2.45) is 0 Å². The molecule has 112 valence electrons. The summed E-state index contributed by atoms with van der Waals surface area (Å²) >= 11 is 7.65. The number of nitrogens with two attached hydrogens (primary N) is 1. The highest BCUT2D eigenvalue weighted by atomic mass is 35.5. The molecule has 0 aliphatic heterocycles. The van der Waals surface area contributed by atoms with Crippen LogP contribution in [0.3, 0.4) is 0 Å². The molecule has 1 aromatic heterocycles. The molecule has 0 unspecified atom stereocenters. The Hall–Kier alpha value is -2.04. The maximum Gasteiger partial charge on any atom is 0.180 e. The topological polar surface area (TPSA) is 48.1 Å². The first-order valence-corrected chi connectivity index (χ1v) is 8.07. The van der Waals surface area contributed by atoms with Crippen molar-refractivity contribution >= 4 is 28.1 Å². The van der Waals surface area contributed by atoms with Gasteiger partial charge in [0.15, 0.2) is 5.13 Å². The number of ether oxygens (including phenoxy) is 1. The number of halogens is 1. The Morgan fingerprint density at radius 1 is 1.23 bits per heavy atom. The lowest BCUT2D eigenvalue weighted by atomic mass is 10.1. The minimum absolute atomic E-state index is 0.495. The Morgan fingerprint density at radius 3 is 2.68 bits per heavy atom. The Bertz CT molecular complexity index is 787. The Labute approximate surface area is 138 Å². The first-order chi connectivity index (χ1) is 10.6. The third-order valence-electron chi connectivity index (χ3n) is 3.30. The summed E-state index contributed by atoms with van der Waals surface area (Å²) < 4.78 is 5.99. The van der Waals surface area contributed by atoms with Crippen LogP contribution in [-0.2, 0) is 6.61 Å². The molecule has 3 rings (SSSR count). The fraction of sp³-hybridized carbons (Fsp3) is 0.118. The molecule has 0 bridgehead atoms. The van der Waals surface area contributed by atoms with E-state index in [0.29, 0.717) is 16.8 Å². The molecule has 0 amide bonds. The maximum absolute atomic E-state index is 6.25. The maximum atomic E-state index is 6.25. The number of hydrogen-bond acceptors (Lipinski definition) is 4. The van der Waals surface area contributed by atoms with Crippen molar-refractivity contribution in [2.45, 2.75) is 13.5 Å². The third kappa shape index (κ3) is 3.24. The van der Waals surface area contributed by atoms with Gasteiger partial charge in [-0.05, 0) is 30.2 Å². The summed E-state index contributed by atoms with van der Waals surface area (Å²) in [6, 6.07) is 13.9. The molecule has 1 heterocycles. The van der Waals surface area contributed by atoms with Gasteiger partial charge in [0.25, 0.3) is 0 Å². The average molecular weight is 331 g/mol. The smallest absolute Gasteiger partial charge is 0.180 e. The Kier molecular flexibility index (Phi) is 4.32. The molecule has 0 fully saturated rings. The fourth-order valence-electron chi connectivity index (χ4n) is 2.12. The van der Waals surface area contributed by atoms with E-state index < -0.39 is 0 Å². The van der Waals surface area contributed by atoms with Gasteiger partial charge in [-0.25, -0.2) is 4.98 Å². The number of aromatic nitrogens is 1. The van der Waals surface area contributed by atoms with Gasteiger partial charge in [-0.15, -0.1) is 11.3 Å². The molecule has 0 aliphatic carbocycles. The predicted octanol–water partition coefficient (Wildman–Crippen LogP) is 4.93. The minimum atomic E-state index is 0.495. The quantitative estimate of drug-likeness (QED) is 0.737. The van der Waals surface area contributed by atoms with Gasteiger partial charge in [-0.2, -0.15) is 0 Å². The molecular formula is C17H15ClN2OS. The van der Waals surface area contributed by atoms with Crippen LogP contribution in [-0.4, -0.2) is 4.98 Å². The number of benzene rings is 2. The van der Waals surface area contributed by atoms with Crippen molar-refractivity contribution < 1.29 is 4.74 Å². The molecule has 2 aromatic carbocycles. The van der Waals surface area contributed by atoms with Crippen molar-refractivity contribution in [3.8, 4) is 17.0 Å². The summed E-state index contributed by atoms with van der Waals surface area (Å²) in [5.41, 5.74) is 9.46. The lowest BCUT2D eigenvalue weighted by Gasteiger charge is -2.12. The molecular weight excluding hydrogens is 316 g/mol. The molecule has 0 atom stereocenters. The summed E-state index contributed by atoms with van der Waals surface area (Å²) in [6.45, 7) is 2.45. The van der Waals surface area contributed by atoms with Crippen molar-refractivity contribution in [2.75, 3.05) is 5.73 Å². The third-order valence-corrected chi connectivity index (χ3v) is 4.38. The fourth-order valence-corrected chi connectivity index (χ4v) is 2.85. The zero-order valence-corrected chi connectivity index (χ0v) is 13.6. The highest BCUT2D eigenvalue weighted by Gasteiger charge is 2.13. The lowest BCUT2D eigenvalue weighted by molar-refractivity contribution is 0.307. The van der Waals surface area contributed by atoms with Gasteiger partial charge in [-0.3, -0.25) is 0 Å². The number of hydrogen-bond donors (Lipinski definition) is 1. The molecule has 3 nitrogen and oxygen atoms in total. The van der Waals surface area contributed by atoms with E-state index in [9.17, 15) is 0 Å². The number of nitrogens with zero attached hydrogens (tertiary/aromatic N) is 1. The van der Waals surface area contributed by atoms with Crippen LogP contribution in [0.25, 0.3) is 11.3 Å². The van der Waals surface area contributed by atoms with Gasteiger partial charge >= 0.3 is 0 Å². The number of aryl methyl sites for hydroxylation is 1. The highest BCUT2D eigenvalue weighted by Crippen LogP contribution is 2.36. The zero-order valence-electron chi connectivity index (χ0n) is 12.0. The van der Waals surface area contributed by atoms with Crippen LogP contribution < -0.4 is 10.5 Å². The Balaban J connectivity index is 1.93. The van der Waals surface area contributed by atoms with Crippen molar-refractivity contribution in [3.05, 3.63) is 64.0 Å². The van der Waals surface area contributed by atoms with Crippen LogP contribution in [0.2, 0.25) is 5.02 Å². The lowest BCUT2D eigenvalue weighted by Crippen LogP contribution is -1.98. The van der Waals surface area contributed by atoms with E-state index in [2.05, 4.69) is 4.98 Å². The zero-order chi connectivity index (χ0) is 15.5. The molecule has 2 N–H and O–H groups in total.